The maximum atomic E-state index is 7.94. The van der Waals surface area contributed by atoms with Crippen molar-refractivity contribution in [2.24, 2.45) is 5.73 Å². The van der Waals surface area contributed by atoms with Gasteiger partial charge in [0.15, 0.2) is 0 Å². The number of hydrogen-bond acceptors (Lipinski definition) is 3. The Labute approximate surface area is 54.1 Å². The molecule has 0 aliphatic heterocycles. The molecule has 0 aromatic heterocycles. The summed E-state index contributed by atoms with van der Waals surface area (Å²) in [5, 5.41) is 7.94. The molecule has 46 valence electrons. The standard InChI is InChI=1S/C4H6N2O.ClH/c1-7-3-4(6)2-5;/h3H,6H2,1H3;1H. The minimum absolute atomic E-state index is 0. The first-order chi connectivity index (χ1) is 3.31. The second-order valence-corrected chi connectivity index (χ2v) is 0.921. The number of allylic oxidation sites excluding steroid dienone is 1. The predicted molar refractivity (Wildman–Crippen MR) is 32.1 cm³/mol. The van der Waals surface area contributed by atoms with E-state index in [1.807, 2.05) is 0 Å². The smallest absolute Gasteiger partial charge is 0.145 e. The van der Waals surface area contributed by atoms with Gasteiger partial charge < -0.3 is 10.5 Å². The molecule has 0 amide bonds. The van der Waals surface area contributed by atoms with Gasteiger partial charge in [-0.25, -0.2) is 0 Å². The van der Waals surface area contributed by atoms with E-state index in [1.54, 1.807) is 6.07 Å². The van der Waals surface area contributed by atoms with E-state index in [9.17, 15) is 0 Å². The van der Waals surface area contributed by atoms with Crippen molar-refractivity contribution in [2.45, 2.75) is 0 Å². The quantitative estimate of drug-likeness (QED) is 0.417. The van der Waals surface area contributed by atoms with Crippen molar-refractivity contribution in [2.75, 3.05) is 7.11 Å². The molecule has 0 heterocycles. The summed E-state index contributed by atoms with van der Waals surface area (Å²) in [7, 11) is 1.43. The van der Waals surface area contributed by atoms with Gasteiger partial charge in [-0.05, 0) is 0 Å². The Morgan fingerprint density at radius 1 is 1.88 bits per heavy atom. The first kappa shape index (κ1) is 10.2. The molecule has 0 unspecified atom stereocenters. The van der Waals surface area contributed by atoms with Gasteiger partial charge in [0.05, 0.1) is 7.11 Å². The summed E-state index contributed by atoms with van der Waals surface area (Å²) in [6, 6.07) is 1.68. The predicted octanol–water partition coefficient (Wildman–Crippen LogP) is 0.378. The molecule has 0 aromatic rings. The fraction of sp³-hybridized carbons (Fsp3) is 0.250. The lowest BCUT2D eigenvalue weighted by Gasteiger charge is -1.83. The maximum absolute atomic E-state index is 7.94. The van der Waals surface area contributed by atoms with Crippen LogP contribution >= 0.6 is 12.4 Å². The second kappa shape index (κ2) is 6.12. The van der Waals surface area contributed by atoms with Crippen molar-refractivity contribution in [3.8, 4) is 6.07 Å². The Balaban J connectivity index is 0. The topological polar surface area (TPSA) is 59.0 Å². The number of ether oxygens (including phenoxy) is 1. The van der Waals surface area contributed by atoms with Gasteiger partial charge in [-0.1, -0.05) is 0 Å². The Morgan fingerprint density at radius 3 is 2.50 bits per heavy atom. The first-order valence-corrected chi connectivity index (χ1v) is 1.69. The molecule has 0 rings (SSSR count). The van der Waals surface area contributed by atoms with E-state index in [4.69, 9.17) is 11.0 Å². The van der Waals surface area contributed by atoms with Crippen LogP contribution in [0.25, 0.3) is 0 Å². The van der Waals surface area contributed by atoms with Crippen LogP contribution in [0.3, 0.4) is 0 Å². The summed E-state index contributed by atoms with van der Waals surface area (Å²) in [6.07, 6.45) is 1.18. The Hall–Kier alpha value is -0.880. The van der Waals surface area contributed by atoms with Gasteiger partial charge in [0.25, 0.3) is 0 Å². The lowest BCUT2D eigenvalue weighted by atomic mass is 10.6. The summed E-state index contributed by atoms with van der Waals surface area (Å²) >= 11 is 0. The van der Waals surface area contributed by atoms with E-state index in [2.05, 4.69) is 4.74 Å². The van der Waals surface area contributed by atoms with Gasteiger partial charge in [0.1, 0.15) is 18.0 Å². The van der Waals surface area contributed by atoms with Gasteiger partial charge in [0, 0.05) is 0 Å². The number of methoxy groups -OCH3 is 1. The fourth-order valence-electron chi connectivity index (χ4n) is 0.153. The number of rotatable bonds is 1. The third-order valence-corrected chi connectivity index (χ3v) is 0.374. The highest BCUT2D eigenvalue weighted by atomic mass is 35.5. The van der Waals surface area contributed by atoms with E-state index in [1.165, 1.54) is 13.4 Å². The number of halogens is 1. The molecule has 8 heavy (non-hydrogen) atoms. The summed E-state index contributed by atoms with van der Waals surface area (Å²) in [5.74, 6) is 0. The zero-order valence-electron chi connectivity index (χ0n) is 4.42. The first-order valence-electron chi connectivity index (χ1n) is 1.69. The Morgan fingerprint density at radius 2 is 2.38 bits per heavy atom. The van der Waals surface area contributed by atoms with E-state index >= 15 is 0 Å². The molecule has 0 spiro atoms. The monoisotopic (exact) mass is 134 g/mol. The molecule has 0 aliphatic rings. The highest BCUT2D eigenvalue weighted by Gasteiger charge is 1.77. The lowest BCUT2D eigenvalue weighted by molar-refractivity contribution is 0.335. The van der Waals surface area contributed by atoms with Crippen molar-refractivity contribution in [1.82, 2.24) is 0 Å². The summed E-state index contributed by atoms with van der Waals surface area (Å²) in [4.78, 5) is 0. The minimum Gasteiger partial charge on any atom is -0.501 e. The van der Waals surface area contributed by atoms with Crippen LogP contribution in [0, 0.1) is 11.3 Å². The SMILES string of the molecule is COC=C(N)C#N.Cl. The molecule has 0 aliphatic carbocycles. The van der Waals surface area contributed by atoms with E-state index in [0.29, 0.717) is 0 Å². The lowest BCUT2D eigenvalue weighted by Crippen LogP contribution is -1.92. The third kappa shape index (κ3) is 5.12. The number of hydrogen-bond donors (Lipinski definition) is 1. The summed E-state index contributed by atoms with van der Waals surface area (Å²) in [6.45, 7) is 0. The van der Waals surface area contributed by atoms with E-state index in [0.717, 1.165) is 0 Å². The number of nitriles is 1. The van der Waals surface area contributed by atoms with Gasteiger partial charge >= 0.3 is 0 Å². The van der Waals surface area contributed by atoms with Crippen molar-refractivity contribution in [3.05, 3.63) is 12.0 Å². The highest BCUT2D eigenvalue weighted by molar-refractivity contribution is 5.85. The zero-order chi connectivity index (χ0) is 5.70. The van der Waals surface area contributed by atoms with E-state index in [-0.39, 0.29) is 18.1 Å². The molecule has 3 nitrogen and oxygen atoms in total. The average Bonchev–Trinajstić information content (AvgIpc) is 1.68. The van der Waals surface area contributed by atoms with Gasteiger partial charge in [-0.3, -0.25) is 0 Å². The van der Waals surface area contributed by atoms with Gasteiger partial charge in [-0.2, -0.15) is 5.26 Å². The normalized spacial score (nSPS) is 8.75. The van der Waals surface area contributed by atoms with Crippen LogP contribution in [0.2, 0.25) is 0 Å². The molecule has 0 saturated heterocycles. The molecule has 0 atom stereocenters. The minimum atomic E-state index is 0. The van der Waals surface area contributed by atoms with Crippen molar-refractivity contribution < 1.29 is 4.74 Å². The maximum Gasteiger partial charge on any atom is 0.145 e. The zero-order valence-corrected chi connectivity index (χ0v) is 5.23. The van der Waals surface area contributed by atoms with Crippen molar-refractivity contribution >= 4 is 12.4 Å². The van der Waals surface area contributed by atoms with Crippen molar-refractivity contribution in [3.63, 3.8) is 0 Å². The van der Waals surface area contributed by atoms with Crippen LogP contribution in [0.15, 0.2) is 12.0 Å². The molecule has 2 N–H and O–H groups in total. The van der Waals surface area contributed by atoms with Crippen LogP contribution in [0.4, 0.5) is 0 Å². The fourth-order valence-corrected chi connectivity index (χ4v) is 0.153. The molecule has 0 aromatic carbocycles. The largest absolute Gasteiger partial charge is 0.501 e. The van der Waals surface area contributed by atoms with Gasteiger partial charge in [0.2, 0.25) is 0 Å². The molecule has 0 bridgehead atoms. The summed E-state index contributed by atoms with van der Waals surface area (Å²) < 4.78 is 4.38. The summed E-state index contributed by atoms with van der Waals surface area (Å²) in [5.41, 5.74) is 5.04. The van der Waals surface area contributed by atoms with Crippen LogP contribution in [-0.2, 0) is 4.74 Å². The van der Waals surface area contributed by atoms with Gasteiger partial charge in [-0.15, -0.1) is 12.4 Å². The van der Waals surface area contributed by atoms with Crippen LogP contribution < -0.4 is 5.73 Å². The van der Waals surface area contributed by atoms with Crippen LogP contribution in [0.5, 0.6) is 0 Å². The molecular weight excluding hydrogens is 128 g/mol. The number of nitrogens with two attached hydrogens (primary N) is 1. The Kier molecular flexibility index (Phi) is 7.78. The molecule has 0 radical (unpaired) electrons. The van der Waals surface area contributed by atoms with Crippen molar-refractivity contribution in [1.29, 1.82) is 5.26 Å². The molecule has 0 fully saturated rings. The highest BCUT2D eigenvalue weighted by Crippen LogP contribution is 1.76. The average molecular weight is 135 g/mol. The van der Waals surface area contributed by atoms with Crippen LogP contribution in [0.1, 0.15) is 0 Å². The molecule has 4 heteroatoms. The van der Waals surface area contributed by atoms with Crippen LogP contribution in [-0.4, -0.2) is 7.11 Å². The second-order valence-electron chi connectivity index (χ2n) is 0.921. The number of nitrogens with zero attached hydrogens (tertiary/aromatic N) is 1. The molecular formula is C4H7ClN2O. The van der Waals surface area contributed by atoms with E-state index < -0.39 is 0 Å². The molecule has 0 saturated carbocycles. The Bertz CT molecular complexity index is 116. The third-order valence-electron chi connectivity index (χ3n) is 0.374.